The maximum atomic E-state index is 11.9. The predicted octanol–water partition coefficient (Wildman–Crippen LogP) is 2.23. The third-order valence-corrected chi connectivity index (χ3v) is 3.33. The predicted molar refractivity (Wildman–Crippen MR) is 72.8 cm³/mol. The SMILES string of the molecule is CNC(Cn1c(=O)oc2ccccc21)C(C)(C)C. The van der Waals surface area contributed by atoms with Crippen LogP contribution in [0.25, 0.3) is 11.1 Å². The molecule has 0 saturated carbocycles. The van der Waals surface area contributed by atoms with Crippen molar-refractivity contribution in [1.82, 2.24) is 9.88 Å². The Morgan fingerprint density at radius 3 is 2.61 bits per heavy atom. The molecule has 0 aliphatic carbocycles. The fourth-order valence-electron chi connectivity index (χ4n) is 2.17. The highest BCUT2D eigenvalue weighted by Crippen LogP contribution is 2.21. The summed E-state index contributed by atoms with van der Waals surface area (Å²) in [5.74, 6) is -0.291. The number of likely N-dealkylation sites (N-methyl/N-ethyl adjacent to an activating group) is 1. The summed E-state index contributed by atoms with van der Waals surface area (Å²) in [7, 11) is 1.92. The molecular formula is C14H20N2O2. The maximum absolute atomic E-state index is 11.9. The van der Waals surface area contributed by atoms with E-state index in [0.29, 0.717) is 12.1 Å². The number of nitrogens with zero attached hydrogens (tertiary/aromatic N) is 1. The number of rotatable bonds is 3. The van der Waals surface area contributed by atoms with Gasteiger partial charge in [-0.25, -0.2) is 4.79 Å². The molecule has 0 bridgehead atoms. The minimum atomic E-state index is -0.291. The van der Waals surface area contributed by atoms with E-state index in [1.165, 1.54) is 0 Å². The first-order chi connectivity index (χ1) is 8.43. The van der Waals surface area contributed by atoms with Crippen LogP contribution in [0.5, 0.6) is 0 Å². The monoisotopic (exact) mass is 248 g/mol. The molecule has 4 nitrogen and oxygen atoms in total. The first-order valence-corrected chi connectivity index (χ1v) is 6.19. The fourth-order valence-corrected chi connectivity index (χ4v) is 2.17. The second-order valence-electron chi connectivity index (χ2n) is 5.65. The van der Waals surface area contributed by atoms with Gasteiger partial charge >= 0.3 is 5.76 Å². The van der Waals surface area contributed by atoms with E-state index in [2.05, 4.69) is 26.1 Å². The van der Waals surface area contributed by atoms with Crippen molar-refractivity contribution >= 4 is 11.1 Å². The maximum Gasteiger partial charge on any atom is 0.420 e. The lowest BCUT2D eigenvalue weighted by molar-refractivity contribution is 0.251. The van der Waals surface area contributed by atoms with Crippen LogP contribution in [0.2, 0.25) is 0 Å². The molecule has 98 valence electrons. The second kappa shape index (κ2) is 4.61. The molecule has 1 aromatic heterocycles. The van der Waals surface area contributed by atoms with Gasteiger partial charge in [0.2, 0.25) is 0 Å². The normalized spacial score (nSPS) is 14.0. The molecule has 0 radical (unpaired) electrons. The minimum absolute atomic E-state index is 0.0760. The number of benzene rings is 1. The summed E-state index contributed by atoms with van der Waals surface area (Å²) in [6, 6.07) is 7.72. The molecule has 18 heavy (non-hydrogen) atoms. The lowest BCUT2D eigenvalue weighted by atomic mass is 9.87. The number of para-hydroxylation sites is 2. The number of nitrogens with one attached hydrogen (secondary N) is 1. The summed E-state index contributed by atoms with van der Waals surface area (Å²) in [6.45, 7) is 7.07. The standard InChI is InChI=1S/C14H20N2O2/c1-14(2,3)12(15-4)9-16-10-7-5-6-8-11(10)18-13(16)17/h5-8,12,15H,9H2,1-4H3. The van der Waals surface area contributed by atoms with E-state index in [4.69, 9.17) is 4.42 Å². The Bertz CT molecular complexity index is 590. The summed E-state index contributed by atoms with van der Waals surface area (Å²) in [6.07, 6.45) is 0. The molecule has 0 saturated heterocycles. The number of aromatic nitrogens is 1. The number of oxazole rings is 1. The Labute approximate surface area is 107 Å². The van der Waals surface area contributed by atoms with Crippen LogP contribution in [0, 0.1) is 5.41 Å². The Morgan fingerprint density at radius 2 is 2.00 bits per heavy atom. The van der Waals surface area contributed by atoms with Crippen LogP contribution in [0.15, 0.2) is 33.5 Å². The Hall–Kier alpha value is -1.55. The highest BCUT2D eigenvalue weighted by Gasteiger charge is 2.25. The van der Waals surface area contributed by atoms with Crippen LogP contribution in [0.4, 0.5) is 0 Å². The minimum Gasteiger partial charge on any atom is -0.408 e. The van der Waals surface area contributed by atoms with Gasteiger partial charge in [0.05, 0.1) is 5.52 Å². The molecule has 0 aliphatic rings. The molecule has 2 rings (SSSR count). The van der Waals surface area contributed by atoms with Gasteiger partial charge in [-0.15, -0.1) is 0 Å². The van der Waals surface area contributed by atoms with Crippen LogP contribution < -0.4 is 11.1 Å². The number of hydrogen-bond acceptors (Lipinski definition) is 3. The van der Waals surface area contributed by atoms with E-state index in [9.17, 15) is 4.79 Å². The van der Waals surface area contributed by atoms with Crippen molar-refractivity contribution < 1.29 is 4.42 Å². The average Bonchev–Trinajstić information content (AvgIpc) is 2.60. The van der Waals surface area contributed by atoms with Gasteiger partial charge < -0.3 is 9.73 Å². The molecule has 1 N–H and O–H groups in total. The van der Waals surface area contributed by atoms with Gasteiger partial charge in [-0.05, 0) is 24.6 Å². The van der Waals surface area contributed by atoms with E-state index in [1.807, 2.05) is 31.3 Å². The first kappa shape index (κ1) is 12.9. The van der Waals surface area contributed by atoms with E-state index >= 15 is 0 Å². The summed E-state index contributed by atoms with van der Waals surface area (Å²) in [4.78, 5) is 11.9. The molecule has 0 amide bonds. The van der Waals surface area contributed by atoms with Crippen molar-refractivity contribution in [1.29, 1.82) is 0 Å². The van der Waals surface area contributed by atoms with Gasteiger partial charge in [0, 0.05) is 12.6 Å². The van der Waals surface area contributed by atoms with Crippen molar-refractivity contribution in [3.8, 4) is 0 Å². The molecule has 0 aliphatic heterocycles. The van der Waals surface area contributed by atoms with E-state index in [-0.39, 0.29) is 17.2 Å². The molecule has 0 fully saturated rings. The van der Waals surface area contributed by atoms with Gasteiger partial charge in [-0.1, -0.05) is 32.9 Å². The van der Waals surface area contributed by atoms with Crippen LogP contribution in [-0.2, 0) is 6.54 Å². The molecule has 2 aromatic rings. The Morgan fingerprint density at radius 1 is 1.33 bits per heavy atom. The fraction of sp³-hybridized carbons (Fsp3) is 0.500. The van der Waals surface area contributed by atoms with Gasteiger partial charge in [0.25, 0.3) is 0 Å². The average molecular weight is 248 g/mol. The molecular weight excluding hydrogens is 228 g/mol. The zero-order valence-corrected chi connectivity index (χ0v) is 11.4. The van der Waals surface area contributed by atoms with Gasteiger partial charge in [0.1, 0.15) is 0 Å². The highest BCUT2D eigenvalue weighted by molar-refractivity contribution is 5.72. The van der Waals surface area contributed by atoms with Gasteiger partial charge in [-0.2, -0.15) is 0 Å². The smallest absolute Gasteiger partial charge is 0.408 e. The van der Waals surface area contributed by atoms with Crippen LogP contribution >= 0.6 is 0 Å². The van der Waals surface area contributed by atoms with Crippen molar-refractivity contribution in [3.63, 3.8) is 0 Å². The Kier molecular flexibility index (Phi) is 3.30. The van der Waals surface area contributed by atoms with E-state index in [1.54, 1.807) is 4.57 Å². The number of hydrogen-bond donors (Lipinski definition) is 1. The molecule has 1 atom stereocenters. The summed E-state index contributed by atoms with van der Waals surface area (Å²) < 4.78 is 6.93. The molecule has 0 spiro atoms. The largest absolute Gasteiger partial charge is 0.420 e. The number of fused-ring (bicyclic) bond motifs is 1. The summed E-state index contributed by atoms with van der Waals surface area (Å²) in [5, 5.41) is 3.27. The molecule has 4 heteroatoms. The highest BCUT2D eigenvalue weighted by atomic mass is 16.4. The van der Waals surface area contributed by atoms with Crippen LogP contribution in [0.3, 0.4) is 0 Å². The second-order valence-corrected chi connectivity index (χ2v) is 5.65. The van der Waals surface area contributed by atoms with Crippen LogP contribution in [0.1, 0.15) is 20.8 Å². The molecule has 1 heterocycles. The zero-order chi connectivity index (χ0) is 13.3. The first-order valence-electron chi connectivity index (χ1n) is 6.19. The van der Waals surface area contributed by atoms with Crippen molar-refractivity contribution in [2.75, 3.05) is 7.05 Å². The van der Waals surface area contributed by atoms with Crippen molar-refractivity contribution in [3.05, 3.63) is 34.8 Å². The van der Waals surface area contributed by atoms with Gasteiger partial charge in [-0.3, -0.25) is 4.57 Å². The zero-order valence-electron chi connectivity index (χ0n) is 11.4. The van der Waals surface area contributed by atoms with Crippen molar-refractivity contribution in [2.24, 2.45) is 5.41 Å². The molecule has 1 aromatic carbocycles. The Balaban J connectivity index is 2.43. The lowest BCUT2D eigenvalue weighted by Crippen LogP contribution is -2.42. The topological polar surface area (TPSA) is 47.2 Å². The summed E-state index contributed by atoms with van der Waals surface area (Å²) in [5.41, 5.74) is 1.57. The quantitative estimate of drug-likeness (QED) is 0.906. The molecule has 1 unspecified atom stereocenters. The van der Waals surface area contributed by atoms with Crippen molar-refractivity contribution in [2.45, 2.75) is 33.4 Å². The lowest BCUT2D eigenvalue weighted by Gasteiger charge is -2.30. The van der Waals surface area contributed by atoms with Crippen LogP contribution in [-0.4, -0.2) is 17.7 Å². The van der Waals surface area contributed by atoms with E-state index < -0.39 is 0 Å². The third-order valence-electron chi connectivity index (χ3n) is 3.33. The van der Waals surface area contributed by atoms with Gasteiger partial charge in [0.15, 0.2) is 5.58 Å². The summed E-state index contributed by atoms with van der Waals surface area (Å²) >= 11 is 0. The third kappa shape index (κ3) is 2.34. The van der Waals surface area contributed by atoms with E-state index in [0.717, 1.165) is 5.52 Å².